The monoisotopic (exact) mass is 265 g/mol. The van der Waals surface area contributed by atoms with Gasteiger partial charge in [0.25, 0.3) is 5.91 Å². The van der Waals surface area contributed by atoms with E-state index >= 15 is 0 Å². The van der Waals surface area contributed by atoms with Crippen LogP contribution in [0.5, 0.6) is 0 Å². The summed E-state index contributed by atoms with van der Waals surface area (Å²) < 4.78 is 0. The molecule has 3 N–H and O–H groups in total. The lowest BCUT2D eigenvalue weighted by atomic mass is 10.1. The summed E-state index contributed by atoms with van der Waals surface area (Å²) in [5.41, 5.74) is 4.14. The highest BCUT2D eigenvalue weighted by Crippen LogP contribution is 2.27. The number of nitrogens with one attached hydrogen (secondary N) is 3. The van der Waals surface area contributed by atoms with Gasteiger partial charge in [0.2, 0.25) is 0 Å². The van der Waals surface area contributed by atoms with Gasteiger partial charge >= 0.3 is 0 Å². The third kappa shape index (κ3) is 1.62. The van der Waals surface area contributed by atoms with Crippen LogP contribution in [0.2, 0.25) is 0 Å². The maximum Gasteiger partial charge on any atom is 0.254 e. The topological polar surface area (TPSA) is 82.7 Å². The van der Waals surface area contributed by atoms with Crippen LogP contribution >= 0.6 is 0 Å². The molecular formula is C14H11N5O. The number of amides is 1. The first kappa shape index (κ1) is 11.0. The van der Waals surface area contributed by atoms with Crippen molar-refractivity contribution in [1.82, 2.24) is 20.5 Å². The van der Waals surface area contributed by atoms with Gasteiger partial charge in [0.1, 0.15) is 11.3 Å². The van der Waals surface area contributed by atoms with E-state index in [4.69, 9.17) is 0 Å². The lowest BCUT2D eigenvalue weighted by molar-refractivity contribution is 0.0966. The second kappa shape index (κ2) is 4.06. The maximum absolute atomic E-state index is 11.9. The molecule has 0 bridgehead atoms. The van der Waals surface area contributed by atoms with Gasteiger partial charge in [-0.3, -0.25) is 9.89 Å². The maximum atomic E-state index is 11.9. The summed E-state index contributed by atoms with van der Waals surface area (Å²) in [5, 5.41) is 12.8. The predicted molar refractivity (Wildman–Crippen MR) is 74.8 cm³/mol. The van der Waals surface area contributed by atoms with Crippen LogP contribution in [0.15, 0.2) is 36.5 Å². The fourth-order valence-electron chi connectivity index (χ4n) is 2.42. The van der Waals surface area contributed by atoms with E-state index in [2.05, 4.69) is 25.8 Å². The Hall–Kier alpha value is -2.89. The Balaban J connectivity index is 1.76. The van der Waals surface area contributed by atoms with Crippen LogP contribution in [0, 0.1) is 0 Å². The fraction of sp³-hybridized carbons (Fsp3) is 0.0714. The SMILES string of the molecule is O=C1NCc2cccc(Nc3ccc4[nH]ncc4n3)c21. The van der Waals surface area contributed by atoms with Crippen LogP contribution < -0.4 is 10.6 Å². The van der Waals surface area contributed by atoms with Gasteiger partial charge in [-0.05, 0) is 23.8 Å². The molecule has 6 heteroatoms. The van der Waals surface area contributed by atoms with E-state index < -0.39 is 0 Å². The largest absolute Gasteiger partial charge is 0.348 e. The van der Waals surface area contributed by atoms with Crippen LogP contribution in [-0.4, -0.2) is 21.1 Å². The Morgan fingerprint density at radius 1 is 1.20 bits per heavy atom. The van der Waals surface area contributed by atoms with Crippen molar-refractivity contribution in [2.45, 2.75) is 6.54 Å². The van der Waals surface area contributed by atoms with Crippen molar-refractivity contribution in [3.05, 3.63) is 47.7 Å². The van der Waals surface area contributed by atoms with Crippen molar-refractivity contribution >= 4 is 28.4 Å². The number of H-pyrrole nitrogens is 1. The molecule has 0 fully saturated rings. The molecule has 0 saturated heterocycles. The number of nitrogens with zero attached hydrogens (tertiary/aromatic N) is 2. The molecule has 98 valence electrons. The molecule has 2 aromatic heterocycles. The molecule has 1 amide bonds. The average molecular weight is 265 g/mol. The molecule has 0 spiro atoms. The smallest absolute Gasteiger partial charge is 0.254 e. The van der Waals surface area contributed by atoms with Gasteiger partial charge in [-0.1, -0.05) is 12.1 Å². The lowest BCUT2D eigenvalue weighted by Crippen LogP contribution is -2.13. The highest BCUT2D eigenvalue weighted by atomic mass is 16.1. The standard InChI is InChI=1S/C14H11N5O/c20-14-13-8(6-15-14)2-1-3-10(13)17-12-5-4-9-11(18-12)7-16-19-9/h1-5,7H,6H2,(H,15,20)(H,16,19)(H,17,18). The zero-order chi connectivity index (χ0) is 13.5. The summed E-state index contributed by atoms with van der Waals surface area (Å²) in [4.78, 5) is 16.3. The van der Waals surface area contributed by atoms with Crippen LogP contribution in [0.25, 0.3) is 11.0 Å². The van der Waals surface area contributed by atoms with Gasteiger partial charge in [0.15, 0.2) is 0 Å². The molecule has 0 saturated carbocycles. The molecule has 0 radical (unpaired) electrons. The van der Waals surface area contributed by atoms with E-state index in [1.165, 1.54) is 0 Å². The molecule has 1 aromatic carbocycles. The lowest BCUT2D eigenvalue weighted by Gasteiger charge is -2.09. The van der Waals surface area contributed by atoms with Crippen LogP contribution in [-0.2, 0) is 6.54 Å². The van der Waals surface area contributed by atoms with Crippen molar-refractivity contribution in [3.8, 4) is 0 Å². The van der Waals surface area contributed by atoms with Crippen molar-refractivity contribution in [2.75, 3.05) is 5.32 Å². The van der Waals surface area contributed by atoms with Gasteiger partial charge in [-0.25, -0.2) is 4.98 Å². The van der Waals surface area contributed by atoms with Crippen molar-refractivity contribution in [1.29, 1.82) is 0 Å². The Kier molecular flexibility index (Phi) is 2.23. The normalized spacial score (nSPS) is 13.3. The summed E-state index contributed by atoms with van der Waals surface area (Å²) in [6, 6.07) is 9.52. The minimum Gasteiger partial charge on any atom is -0.348 e. The van der Waals surface area contributed by atoms with Crippen LogP contribution in [0.1, 0.15) is 15.9 Å². The molecule has 20 heavy (non-hydrogen) atoms. The third-order valence-corrected chi connectivity index (χ3v) is 3.38. The Labute approximate surface area is 114 Å². The van der Waals surface area contributed by atoms with Crippen molar-refractivity contribution < 1.29 is 4.79 Å². The van der Waals surface area contributed by atoms with E-state index in [1.54, 1.807) is 6.20 Å². The molecular weight excluding hydrogens is 254 g/mol. The number of pyridine rings is 1. The zero-order valence-corrected chi connectivity index (χ0v) is 10.5. The van der Waals surface area contributed by atoms with Gasteiger partial charge in [-0.2, -0.15) is 5.10 Å². The fourth-order valence-corrected chi connectivity index (χ4v) is 2.42. The summed E-state index contributed by atoms with van der Waals surface area (Å²) in [6.45, 7) is 0.581. The highest BCUT2D eigenvalue weighted by Gasteiger charge is 2.22. The zero-order valence-electron chi connectivity index (χ0n) is 10.5. The van der Waals surface area contributed by atoms with Gasteiger partial charge < -0.3 is 10.6 Å². The average Bonchev–Trinajstić information content (AvgIpc) is 3.06. The van der Waals surface area contributed by atoms with Gasteiger partial charge in [-0.15, -0.1) is 0 Å². The molecule has 3 aromatic rings. The first-order valence-corrected chi connectivity index (χ1v) is 6.28. The highest BCUT2D eigenvalue weighted by molar-refractivity contribution is 6.04. The Bertz CT molecular complexity index is 823. The van der Waals surface area contributed by atoms with E-state index in [0.717, 1.165) is 22.3 Å². The van der Waals surface area contributed by atoms with Crippen molar-refractivity contribution in [3.63, 3.8) is 0 Å². The number of fused-ring (bicyclic) bond motifs is 2. The minimum absolute atomic E-state index is 0.0486. The third-order valence-electron chi connectivity index (χ3n) is 3.38. The molecule has 1 aliphatic rings. The minimum atomic E-state index is -0.0486. The number of anilines is 2. The summed E-state index contributed by atoms with van der Waals surface area (Å²) in [5.74, 6) is 0.638. The second-order valence-corrected chi connectivity index (χ2v) is 4.65. The van der Waals surface area contributed by atoms with E-state index in [1.807, 2.05) is 30.3 Å². The second-order valence-electron chi connectivity index (χ2n) is 4.65. The number of carbonyl (C=O) groups excluding carboxylic acids is 1. The van der Waals surface area contributed by atoms with Gasteiger partial charge in [0, 0.05) is 6.54 Å². The molecule has 0 aliphatic carbocycles. The number of hydrogen-bond acceptors (Lipinski definition) is 4. The van der Waals surface area contributed by atoms with Gasteiger partial charge in [0.05, 0.1) is 23.0 Å². The molecule has 4 rings (SSSR count). The van der Waals surface area contributed by atoms with E-state index in [9.17, 15) is 4.79 Å². The molecule has 6 nitrogen and oxygen atoms in total. The molecule has 1 aliphatic heterocycles. The first-order chi connectivity index (χ1) is 9.81. The predicted octanol–water partition coefficient (Wildman–Crippen LogP) is 1.94. The number of aromatic nitrogens is 3. The number of rotatable bonds is 2. The number of aromatic amines is 1. The summed E-state index contributed by atoms with van der Waals surface area (Å²) >= 11 is 0. The van der Waals surface area contributed by atoms with E-state index in [-0.39, 0.29) is 5.91 Å². The van der Waals surface area contributed by atoms with Crippen LogP contribution in [0.4, 0.5) is 11.5 Å². The summed E-state index contributed by atoms with van der Waals surface area (Å²) in [6.07, 6.45) is 1.67. The van der Waals surface area contributed by atoms with Crippen molar-refractivity contribution in [2.24, 2.45) is 0 Å². The molecule has 3 heterocycles. The first-order valence-electron chi connectivity index (χ1n) is 6.28. The van der Waals surface area contributed by atoms with Crippen LogP contribution in [0.3, 0.4) is 0 Å². The molecule has 0 unspecified atom stereocenters. The molecule has 0 atom stereocenters. The Morgan fingerprint density at radius 3 is 3.10 bits per heavy atom. The van der Waals surface area contributed by atoms with E-state index in [0.29, 0.717) is 17.9 Å². The Morgan fingerprint density at radius 2 is 2.15 bits per heavy atom. The number of benzene rings is 1. The summed E-state index contributed by atoms with van der Waals surface area (Å²) in [7, 11) is 0. The number of carbonyl (C=O) groups is 1. The quantitative estimate of drug-likeness (QED) is 0.661. The number of hydrogen-bond donors (Lipinski definition) is 3.